The Hall–Kier alpha value is -3.13. The smallest absolute Gasteiger partial charge is 0.322 e. The van der Waals surface area contributed by atoms with Gasteiger partial charge in [-0.05, 0) is 48.6 Å². The summed E-state index contributed by atoms with van der Waals surface area (Å²) in [6, 6.07) is 15.6. The standard InChI is InChI=1S/C22H22N4O3S/c1-14-5-3-4-6-15(14)11-19(27)23-22-25-24-21(29-22)16-12-20(28)26(13-16)17-7-9-18(30-2)10-8-17/h3-10,16H,11-13H2,1-2H3,(H,23,25,27)/t16-/m1/s1. The topological polar surface area (TPSA) is 88.3 Å². The molecule has 1 aromatic heterocycles. The average Bonchev–Trinajstić information content (AvgIpc) is 3.36. The van der Waals surface area contributed by atoms with Crippen molar-refractivity contribution >= 4 is 35.3 Å². The van der Waals surface area contributed by atoms with E-state index in [1.54, 1.807) is 16.7 Å². The van der Waals surface area contributed by atoms with Crippen LogP contribution in [0, 0.1) is 6.92 Å². The second-order valence-electron chi connectivity index (χ2n) is 7.20. The summed E-state index contributed by atoms with van der Waals surface area (Å²) >= 11 is 1.66. The van der Waals surface area contributed by atoms with Crippen LogP contribution in [0.3, 0.4) is 0 Å². The van der Waals surface area contributed by atoms with E-state index in [4.69, 9.17) is 4.42 Å². The summed E-state index contributed by atoms with van der Waals surface area (Å²) in [6.07, 6.45) is 2.54. The number of carbonyl (C=O) groups excluding carboxylic acids is 2. The Morgan fingerprint density at radius 2 is 1.97 bits per heavy atom. The molecule has 2 heterocycles. The van der Waals surface area contributed by atoms with Crippen molar-refractivity contribution in [2.45, 2.75) is 30.6 Å². The maximum atomic E-state index is 12.5. The molecule has 1 atom stereocenters. The lowest BCUT2D eigenvalue weighted by atomic mass is 10.1. The number of carbonyl (C=O) groups is 2. The molecule has 1 aliphatic rings. The first-order chi connectivity index (χ1) is 14.5. The molecule has 7 nitrogen and oxygen atoms in total. The van der Waals surface area contributed by atoms with Gasteiger partial charge in [0.05, 0.1) is 12.3 Å². The molecule has 1 N–H and O–H groups in total. The third-order valence-corrected chi connectivity index (χ3v) is 5.90. The van der Waals surface area contributed by atoms with Gasteiger partial charge in [0, 0.05) is 23.5 Å². The zero-order valence-electron chi connectivity index (χ0n) is 16.8. The number of aryl methyl sites for hydroxylation is 1. The Bertz CT molecular complexity index is 1060. The molecule has 3 aromatic rings. The summed E-state index contributed by atoms with van der Waals surface area (Å²) in [4.78, 5) is 27.7. The summed E-state index contributed by atoms with van der Waals surface area (Å²) in [7, 11) is 0. The van der Waals surface area contributed by atoms with Crippen molar-refractivity contribution in [3.63, 3.8) is 0 Å². The first-order valence-electron chi connectivity index (χ1n) is 9.65. The second-order valence-corrected chi connectivity index (χ2v) is 8.08. The van der Waals surface area contributed by atoms with E-state index in [9.17, 15) is 9.59 Å². The number of hydrogen-bond donors (Lipinski definition) is 1. The molecule has 1 aliphatic heterocycles. The van der Waals surface area contributed by atoms with Crippen LogP contribution in [0.5, 0.6) is 0 Å². The molecule has 154 valence electrons. The fourth-order valence-electron chi connectivity index (χ4n) is 3.48. The maximum Gasteiger partial charge on any atom is 0.322 e. The van der Waals surface area contributed by atoms with E-state index < -0.39 is 0 Å². The van der Waals surface area contributed by atoms with E-state index in [0.717, 1.165) is 21.7 Å². The SMILES string of the molecule is CSc1ccc(N2C[C@H](c3nnc(NC(=O)Cc4ccccc4C)o3)CC2=O)cc1. The lowest BCUT2D eigenvalue weighted by Gasteiger charge is -2.16. The maximum absolute atomic E-state index is 12.5. The number of aromatic nitrogens is 2. The number of thioether (sulfide) groups is 1. The molecule has 0 aliphatic carbocycles. The van der Waals surface area contributed by atoms with E-state index >= 15 is 0 Å². The van der Waals surface area contributed by atoms with Crippen molar-refractivity contribution < 1.29 is 14.0 Å². The Morgan fingerprint density at radius 3 is 2.70 bits per heavy atom. The van der Waals surface area contributed by atoms with E-state index in [1.165, 1.54) is 0 Å². The summed E-state index contributed by atoms with van der Waals surface area (Å²) in [5.41, 5.74) is 2.85. The van der Waals surface area contributed by atoms with Crippen LogP contribution in [0.1, 0.15) is 29.4 Å². The molecule has 0 saturated carbocycles. The van der Waals surface area contributed by atoms with E-state index in [1.807, 2.05) is 61.7 Å². The predicted octanol–water partition coefficient (Wildman–Crippen LogP) is 3.80. The lowest BCUT2D eigenvalue weighted by Crippen LogP contribution is -2.24. The number of benzene rings is 2. The summed E-state index contributed by atoms with van der Waals surface area (Å²) in [5, 5.41) is 10.6. The van der Waals surface area contributed by atoms with Crippen LogP contribution in [-0.2, 0) is 16.0 Å². The zero-order chi connectivity index (χ0) is 21.1. The van der Waals surface area contributed by atoms with Crippen molar-refractivity contribution in [1.82, 2.24) is 10.2 Å². The van der Waals surface area contributed by atoms with Gasteiger partial charge in [0.15, 0.2) is 0 Å². The van der Waals surface area contributed by atoms with Gasteiger partial charge >= 0.3 is 6.01 Å². The van der Waals surface area contributed by atoms with Crippen LogP contribution >= 0.6 is 11.8 Å². The number of anilines is 2. The van der Waals surface area contributed by atoms with Gasteiger partial charge in [-0.25, -0.2) is 0 Å². The van der Waals surface area contributed by atoms with Crippen molar-refractivity contribution in [1.29, 1.82) is 0 Å². The minimum Gasteiger partial charge on any atom is -0.407 e. The Balaban J connectivity index is 1.39. The summed E-state index contributed by atoms with van der Waals surface area (Å²) in [5.74, 6) is -0.0530. The fraction of sp³-hybridized carbons (Fsp3) is 0.273. The minimum absolute atomic E-state index is 0.0141. The third kappa shape index (κ3) is 4.38. The highest BCUT2D eigenvalue weighted by Gasteiger charge is 2.35. The monoisotopic (exact) mass is 422 g/mol. The fourth-order valence-corrected chi connectivity index (χ4v) is 3.89. The molecule has 1 saturated heterocycles. The van der Waals surface area contributed by atoms with E-state index in [-0.39, 0.29) is 30.2 Å². The Labute approximate surface area is 178 Å². The molecule has 2 amide bonds. The highest BCUT2D eigenvalue weighted by atomic mass is 32.2. The van der Waals surface area contributed by atoms with Crippen LogP contribution in [0.25, 0.3) is 0 Å². The van der Waals surface area contributed by atoms with Gasteiger partial charge in [-0.1, -0.05) is 29.4 Å². The average molecular weight is 423 g/mol. The molecule has 0 radical (unpaired) electrons. The first-order valence-corrected chi connectivity index (χ1v) is 10.9. The van der Waals surface area contributed by atoms with Crippen LogP contribution in [0.2, 0.25) is 0 Å². The van der Waals surface area contributed by atoms with Gasteiger partial charge < -0.3 is 9.32 Å². The van der Waals surface area contributed by atoms with E-state index in [2.05, 4.69) is 15.5 Å². The van der Waals surface area contributed by atoms with Gasteiger partial charge in [0.2, 0.25) is 17.7 Å². The molecule has 4 rings (SSSR count). The Kier molecular flexibility index (Phi) is 5.85. The van der Waals surface area contributed by atoms with Gasteiger partial charge in [0.25, 0.3) is 0 Å². The number of hydrogen-bond acceptors (Lipinski definition) is 6. The Morgan fingerprint density at radius 1 is 1.20 bits per heavy atom. The van der Waals surface area contributed by atoms with Crippen LogP contribution in [-0.4, -0.2) is 34.8 Å². The summed E-state index contributed by atoms with van der Waals surface area (Å²) < 4.78 is 5.64. The predicted molar refractivity (Wildman–Crippen MR) is 116 cm³/mol. The second kappa shape index (κ2) is 8.71. The minimum atomic E-state index is -0.225. The van der Waals surface area contributed by atoms with Crippen LogP contribution in [0.15, 0.2) is 57.8 Å². The van der Waals surface area contributed by atoms with Crippen molar-refractivity contribution in [3.05, 3.63) is 65.5 Å². The number of nitrogens with one attached hydrogen (secondary N) is 1. The lowest BCUT2D eigenvalue weighted by molar-refractivity contribution is -0.117. The number of amides is 2. The molecular formula is C22H22N4O3S. The molecule has 2 aromatic carbocycles. The largest absolute Gasteiger partial charge is 0.407 e. The van der Waals surface area contributed by atoms with E-state index in [0.29, 0.717) is 18.9 Å². The molecule has 0 spiro atoms. The van der Waals surface area contributed by atoms with Crippen molar-refractivity contribution in [3.8, 4) is 0 Å². The van der Waals surface area contributed by atoms with Gasteiger partial charge in [-0.2, -0.15) is 0 Å². The zero-order valence-corrected chi connectivity index (χ0v) is 17.6. The van der Waals surface area contributed by atoms with Crippen LogP contribution in [0.4, 0.5) is 11.7 Å². The number of nitrogens with zero attached hydrogens (tertiary/aromatic N) is 3. The van der Waals surface area contributed by atoms with Crippen molar-refractivity contribution in [2.24, 2.45) is 0 Å². The highest BCUT2D eigenvalue weighted by molar-refractivity contribution is 7.98. The summed E-state index contributed by atoms with van der Waals surface area (Å²) in [6.45, 7) is 2.43. The third-order valence-electron chi connectivity index (χ3n) is 5.16. The van der Waals surface area contributed by atoms with Crippen molar-refractivity contribution in [2.75, 3.05) is 23.0 Å². The normalized spacial score (nSPS) is 16.1. The highest BCUT2D eigenvalue weighted by Crippen LogP contribution is 2.32. The molecule has 30 heavy (non-hydrogen) atoms. The van der Waals surface area contributed by atoms with Gasteiger partial charge in [-0.3, -0.25) is 14.9 Å². The molecule has 0 unspecified atom stereocenters. The quantitative estimate of drug-likeness (QED) is 0.608. The molecular weight excluding hydrogens is 400 g/mol. The molecule has 1 fully saturated rings. The molecule has 8 heteroatoms. The van der Waals surface area contributed by atoms with Gasteiger partial charge in [-0.15, -0.1) is 16.9 Å². The van der Waals surface area contributed by atoms with Gasteiger partial charge in [0.1, 0.15) is 0 Å². The first kappa shape index (κ1) is 20.2. The number of rotatable bonds is 6. The van der Waals surface area contributed by atoms with Crippen LogP contribution < -0.4 is 10.2 Å². The molecule has 0 bridgehead atoms.